The number of ether oxygens (including phenoxy) is 1. The lowest BCUT2D eigenvalue weighted by molar-refractivity contribution is 0.0829. The van der Waals surface area contributed by atoms with Gasteiger partial charge in [0.25, 0.3) is 0 Å². The second kappa shape index (κ2) is 7.65. The Bertz CT molecular complexity index is 340. The number of aliphatic imine (C=N–C) groups is 1. The van der Waals surface area contributed by atoms with Crippen LogP contribution in [0.4, 0.5) is 5.69 Å². The number of nitrogens with zero attached hydrogens (tertiary/aromatic N) is 1. The molecule has 0 amide bonds. The first-order chi connectivity index (χ1) is 8.26. The number of rotatable bonds is 5. The van der Waals surface area contributed by atoms with Gasteiger partial charge in [0.05, 0.1) is 12.6 Å². The van der Waals surface area contributed by atoms with Gasteiger partial charge in [0.1, 0.15) is 0 Å². The maximum absolute atomic E-state index is 5.40. The largest absolute Gasteiger partial charge is 0.377 e. The molecule has 94 valence electrons. The Hall–Kier alpha value is -1.59. The molecule has 0 saturated heterocycles. The quantitative estimate of drug-likeness (QED) is 0.312. The summed E-state index contributed by atoms with van der Waals surface area (Å²) < 4.78 is 5.38. The minimum Gasteiger partial charge on any atom is -0.377 e. The minimum absolute atomic E-state index is 0.0842. The van der Waals surface area contributed by atoms with Crippen molar-refractivity contribution in [3.63, 3.8) is 0 Å². The van der Waals surface area contributed by atoms with Crippen molar-refractivity contribution in [2.45, 2.75) is 20.0 Å². The SMILES string of the molecule is CCOC(C)CN=C(NN)Nc1ccccc1. The molecule has 0 bridgehead atoms. The topological polar surface area (TPSA) is 71.7 Å². The first-order valence-corrected chi connectivity index (χ1v) is 5.71. The number of nitrogens with two attached hydrogens (primary N) is 1. The summed E-state index contributed by atoms with van der Waals surface area (Å²) >= 11 is 0. The number of anilines is 1. The van der Waals surface area contributed by atoms with E-state index < -0.39 is 0 Å². The van der Waals surface area contributed by atoms with E-state index in [0.29, 0.717) is 19.1 Å². The van der Waals surface area contributed by atoms with Crippen molar-refractivity contribution in [1.29, 1.82) is 0 Å². The minimum atomic E-state index is 0.0842. The van der Waals surface area contributed by atoms with E-state index in [1.54, 1.807) is 0 Å². The summed E-state index contributed by atoms with van der Waals surface area (Å²) in [6.07, 6.45) is 0.0842. The van der Waals surface area contributed by atoms with Crippen LogP contribution in [0.5, 0.6) is 0 Å². The van der Waals surface area contributed by atoms with Crippen LogP contribution in [0, 0.1) is 0 Å². The Morgan fingerprint density at radius 3 is 2.71 bits per heavy atom. The second-order valence-corrected chi connectivity index (χ2v) is 3.59. The molecule has 1 unspecified atom stereocenters. The summed E-state index contributed by atoms with van der Waals surface area (Å²) in [6.45, 7) is 5.19. The molecule has 0 heterocycles. The monoisotopic (exact) mass is 236 g/mol. The van der Waals surface area contributed by atoms with Crippen LogP contribution in [0.15, 0.2) is 35.3 Å². The summed E-state index contributed by atoms with van der Waals surface area (Å²) in [7, 11) is 0. The lowest BCUT2D eigenvalue weighted by Crippen LogP contribution is -2.37. The molecule has 5 nitrogen and oxygen atoms in total. The van der Waals surface area contributed by atoms with Gasteiger partial charge >= 0.3 is 0 Å². The zero-order valence-corrected chi connectivity index (χ0v) is 10.3. The van der Waals surface area contributed by atoms with E-state index >= 15 is 0 Å². The van der Waals surface area contributed by atoms with Crippen LogP contribution in [0.25, 0.3) is 0 Å². The highest BCUT2D eigenvalue weighted by Crippen LogP contribution is 2.04. The molecule has 5 heteroatoms. The Labute approximate surface area is 102 Å². The Morgan fingerprint density at radius 2 is 2.12 bits per heavy atom. The normalized spacial score (nSPS) is 13.2. The molecule has 0 aliphatic heterocycles. The summed E-state index contributed by atoms with van der Waals surface area (Å²) in [4.78, 5) is 4.30. The van der Waals surface area contributed by atoms with E-state index in [1.807, 2.05) is 44.2 Å². The summed E-state index contributed by atoms with van der Waals surface area (Å²) in [5.74, 6) is 5.93. The van der Waals surface area contributed by atoms with Gasteiger partial charge in [0.15, 0.2) is 0 Å². The van der Waals surface area contributed by atoms with Gasteiger partial charge in [0.2, 0.25) is 5.96 Å². The van der Waals surface area contributed by atoms with Gasteiger partial charge in [-0.25, -0.2) is 10.8 Å². The molecule has 0 aliphatic carbocycles. The number of nitrogens with one attached hydrogen (secondary N) is 2. The van der Waals surface area contributed by atoms with E-state index in [4.69, 9.17) is 10.6 Å². The lowest BCUT2D eigenvalue weighted by Gasteiger charge is -2.12. The van der Waals surface area contributed by atoms with Crippen molar-refractivity contribution in [3.8, 4) is 0 Å². The molecule has 0 fully saturated rings. The Kier molecular flexibility index (Phi) is 6.06. The fraction of sp³-hybridized carbons (Fsp3) is 0.417. The van der Waals surface area contributed by atoms with Crippen LogP contribution in [0.1, 0.15) is 13.8 Å². The molecule has 4 N–H and O–H groups in total. The van der Waals surface area contributed by atoms with Crippen LogP contribution in [-0.2, 0) is 4.74 Å². The molecule has 0 aromatic heterocycles. The highest BCUT2D eigenvalue weighted by molar-refractivity contribution is 5.93. The number of hydrazine groups is 1. The maximum atomic E-state index is 5.40. The molecule has 1 aromatic rings. The number of para-hydroxylation sites is 1. The Balaban J connectivity index is 2.50. The Morgan fingerprint density at radius 1 is 1.41 bits per heavy atom. The molecule has 0 aliphatic rings. The molecule has 1 atom stereocenters. The summed E-state index contributed by atoms with van der Waals surface area (Å²) in [6, 6.07) is 9.73. The standard InChI is InChI=1S/C12H20N4O/c1-3-17-10(2)9-14-12(16-13)15-11-7-5-4-6-8-11/h4-8,10H,3,9,13H2,1-2H3,(H2,14,15,16). The molecular formula is C12H20N4O. The van der Waals surface area contributed by atoms with E-state index in [0.717, 1.165) is 5.69 Å². The molecule has 0 radical (unpaired) electrons. The van der Waals surface area contributed by atoms with Gasteiger partial charge in [-0.15, -0.1) is 0 Å². The predicted octanol–water partition coefficient (Wildman–Crippen LogP) is 1.34. The third-order valence-corrected chi connectivity index (χ3v) is 2.13. The van der Waals surface area contributed by atoms with E-state index in [2.05, 4.69) is 15.7 Å². The molecule has 0 spiro atoms. The summed E-state index contributed by atoms with van der Waals surface area (Å²) in [5.41, 5.74) is 3.47. The van der Waals surface area contributed by atoms with Crippen molar-refractivity contribution >= 4 is 11.6 Å². The highest BCUT2D eigenvalue weighted by atomic mass is 16.5. The molecule has 1 aromatic carbocycles. The molecule has 1 rings (SSSR count). The second-order valence-electron chi connectivity index (χ2n) is 3.59. The van der Waals surface area contributed by atoms with E-state index in [1.165, 1.54) is 0 Å². The van der Waals surface area contributed by atoms with Gasteiger partial charge in [-0.1, -0.05) is 18.2 Å². The number of hydrogen-bond donors (Lipinski definition) is 3. The van der Waals surface area contributed by atoms with E-state index in [-0.39, 0.29) is 6.10 Å². The average molecular weight is 236 g/mol. The fourth-order valence-electron chi connectivity index (χ4n) is 1.34. The average Bonchev–Trinajstić information content (AvgIpc) is 2.36. The van der Waals surface area contributed by atoms with Crippen molar-refractivity contribution in [3.05, 3.63) is 30.3 Å². The molecule has 0 saturated carbocycles. The third kappa shape index (κ3) is 5.33. The zero-order valence-electron chi connectivity index (χ0n) is 10.3. The third-order valence-electron chi connectivity index (χ3n) is 2.13. The van der Waals surface area contributed by atoms with Gasteiger partial charge in [0, 0.05) is 12.3 Å². The van der Waals surface area contributed by atoms with Crippen molar-refractivity contribution in [2.75, 3.05) is 18.5 Å². The van der Waals surface area contributed by atoms with Gasteiger partial charge in [-0.05, 0) is 26.0 Å². The first kappa shape index (κ1) is 13.5. The van der Waals surface area contributed by atoms with Gasteiger partial charge < -0.3 is 10.1 Å². The number of guanidine groups is 1. The number of hydrogen-bond acceptors (Lipinski definition) is 3. The maximum Gasteiger partial charge on any atom is 0.210 e. The van der Waals surface area contributed by atoms with Crippen LogP contribution in [-0.4, -0.2) is 25.2 Å². The van der Waals surface area contributed by atoms with Crippen molar-refractivity contribution in [1.82, 2.24) is 5.43 Å². The van der Waals surface area contributed by atoms with Crippen molar-refractivity contribution < 1.29 is 4.74 Å². The number of benzene rings is 1. The molecule has 17 heavy (non-hydrogen) atoms. The fourth-order valence-corrected chi connectivity index (χ4v) is 1.34. The first-order valence-electron chi connectivity index (χ1n) is 5.71. The van der Waals surface area contributed by atoms with Crippen molar-refractivity contribution in [2.24, 2.45) is 10.8 Å². The smallest absolute Gasteiger partial charge is 0.210 e. The summed E-state index contributed by atoms with van der Waals surface area (Å²) in [5, 5.41) is 3.08. The molecular weight excluding hydrogens is 216 g/mol. The van der Waals surface area contributed by atoms with Crippen LogP contribution in [0.2, 0.25) is 0 Å². The lowest BCUT2D eigenvalue weighted by atomic mass is 10.3. The highest BCUT2D eigenvalue weighted by Gasteiger charge is 2.01. The van der Waals surface area contributed by atoms with E-state index in [9.17, 15) is 0 Å². The van der Waals surface area contributed by atoms with Gasteiger partial charge in [-0.2, -0.15) is 0 Å². The zero-order chi connectivity index (χ0) is 12.5. The van der Waals surface area contributed by atoms with Crippen LogP contribution < -0.4 is 16.6 Å². The predicted molar refractivity (Wildman–Crippen MR) is 70.8 cm³/mol. The van der Waals surface area contributed by atoms with Gasteiger partial charge in [-0.3, -0.25) is 5.43 Å². The van der Waals surface area contributed by atoms with Crippen LogP contribution >= 0.6 is 0 Å². The van der Waals surface area contributed by atoms with Crippen LogP contribution in [0.3, 0.4) is 0 Å².